The van der Waals surface area contributed by atoms with Crippen molar-refractivity contribution in [3.8, 4) is 22.6 Å². The Labute approximate surface area is 348 Å². The van der Waals surface area contributed by atoms with Crippen LogP contribution in [-0.2, 0) is 36.8 Å². The molecule has 14 N–H and O–H groups in total. The summed E-state index contributed by atoms with van der Waals surface area (Å²) in [6, 6.07) is 2.74. The molecule has 0 aromatic heterocycles. The predicted molar refractivity (Wildman–Crippen MR) is 218 cm³/mol. The maximum Gasteiger partial charge on any atom is 0.408 e. The van der Waals surface area contributed by atoms with Crippen LogP contribution < -0.4 is 38.1 Å². The van der Waals surface area contributed by atoms with Crippen LogP contribution in [0.4, 0.5) is 9.59 Å². The average molecular weight is 845 g/mol. The average Bonchev–Trinajstić information content (AvgIpc) is 3.14. The number of amides is 6. The topological polar surface area (TPSA) is 328 Å². The molecule has 0 unspecified atom stereocenters. The van der Waals surface area contributed by atoms with Gasteiger partial charge in [0.05, 0.1) is 18.8 Å². The molecule has 2 aromatic rings. The fourth-order valence-corrected chi connectivity index (χ4v) is 6.33. The number of ether oxygens (including phenoxy) is 1. The summed E-state index contributed by atoms with van der Waals surface area (Å²) in [5.41, 5.74) is 10.5. The Morgan fingerprint density at radius 3 is 1.98 bits per heavy atom. The van der Waals surface area contributed by atoms with Crippen molar-refractivity contribution < 1.29 is 59.0 Å². The number of nitrogens with zero attached hydrogens (tertiary/aromatic N) is 1. The van der Waals surface area contributed by atoms with Gasteiger partial charge in [-0.2, -0.15) is 0 Å². The highest BCUT2D eigenvalue weighted by Crippen LogP contribution is 2.31. The lowest BCUT2D eigenvalue weighted by Crippen LogP contribution is -2.60. The highest BCUT2D eigenvalue weighted by Gasteiger charge is 2.36. The van der Waals surface area contributed by atoms with Gasteiger partial charge >= 0.3 is 12.2 Å². The Bertz CT molecular complexity index is 1860. The van der Waals surface area contributed by atoms with Gasteiger partial charge in [-0.1, -0.05) is 12.1 Å². The molecule has 20 nitrogen and oxygen atoms in total. The number of carbonyl (C=O) groups is 6. The summed E-state index contributed by atoms with van der Waals surface area (Å²) >= 11 is 0. The number of aliphatic hydroxyl groups excluding tert-OH is 2. The van der Waals surface area contributed by atoms with Crippen LogP contribution in [0.15, 0.2) is 36.4 Å². The number of aliphatic hydroxyl groups is 2. The van der Waals surface area contributed by atoms with E-state index in [2.05, 4.69) is 26.6 Å². The molecule has 6 atom stereocenters. The highest BCUT2D eigenvalue weighted by molar-refractivity contribution is 5.95. The van der Waals surface area contributed by atoms with E-state index >= 15 is 0 Å². The molecule has 1 aliphatic rings. The first-order valence-electron chi connectivity index (χ1n) is 19.5. The first-order valence-corrected chi connectivity index (χ1v) is 19.5. The molecule has 0 spiro atoms. The van der Waals surface area contributed by atoms with Gasteiger partial charge in [0.1, 0.15) is 41.3 Å². The zero-order valence-electron chi connectivity index (χ0n) is 34.8. The van der Waals surface area contributed by atoms with Crippen LogP contribution >= 0.6 is 0 Å². The van der Waals surface area contributed by atoms with E-state index < -0.39 is 103 Å². The van der Waals surface area contributed by atoms with E-state index in [9.17, 15) is 54.3 Å². The molecule has 1 heterocycles. The minimum atomic E-state index is -1.71. The molecule has 2 aromatic carbocycles. The number of rotatable bonds is 13. The van der Waals surface area contributed by atoms with Crippen molar-refractivity contribution in [2.24, 2.45) is 11.5 Å². The fraction of sp³-hybridized carbons (Fsp3) is 0.550. The molecule has 6 amide bonds. The number of alkyl carbamates (subject to hydrolysis) is 1. The number of aromatic hydroxyl groups is 2. The number of nitrogens with two attached hydrogens (primary N) is 2. The molecule has 332 valence electrons. The third-order valence-corrected chi connectivity index (χ3v) is 9.41. The van der Waals surface area contributed by atoms with Gasteiger partial charge in [-0.05, 0) is 88.1 Å². The highest BCUT2D eigenvalue weighted by atomic mass is 16.6. The fourth-order valence-electron chi connectivity index (χ4n) is 6.33. The number of phenols is 2. The number of hydrogen-bond acceptors (Lipinski definition) is 13. The zero-order chi connectivity index (χ0) is 45.1. The van der Waals surface area contributed by atoms with E-state index in [4.69, 9.17) is 16.2 Å². The smallest absolute Gasteiger partial charge is 0.408 e. The van der Waals surface area contributed by atoms with Crippen LogP contribution in [0.3, 0.4) is 0 Å². The summed E-state index contributed by atoms with van der Waals surface area (Å²) in [5, 5.41) is 66.1. The Morgan fingerprint density at radius 1 is 0.883 bits per heavy atom. The van der Waals surface area contributed by atoms with Crippen molar-refractivity contribution in [1.82, 2.24) is 31.5 Å². The summed E-state index contributed by atoms with van der Waals surface area (Å²) in [5.74, 6) is -4.23. The van der Waals surface area contributed by atoms with Crippen molar-refractivity contribution >= 4 is 35.8 Å². The van der Waals surface area contributed by atoms with Gasteiger partial charge in [-0.3, -0.25) is 19.2 Å². The van der Waals surface area contributed by atoms with E-state index in [1.54, 1.807) is 59.7 Å². The summed E-state index contributed by atoms with van der Waals surface area (Å²) in [6.45, 7) is 8.92. The predicted octanol–water partition coefficient (Wildman–Crippen LogP) is -0.475. The summed E-state index contributed by atoms with van der Waals surface area (Å²) in [6.07, 6.45) is -6.86. The number of fused-ring (bicyclic) bond motifs is 5. The van der Waals surface area contributed by atoms with Gasteiger partial charge < -0.3 is 73.2 Å². The normalized spacial score (nSPS) is 18.9. The molecule has 0 saturated carbocycles. The monoisotopic (exact) mass is 844 g/mol. The number of benzene rings is 2. The first kappa shape index (κ1) is 48.7. The van der Waals surface area contributed by atoms with Gasteiger partial charge in [0.25, 0.3) is 0 Å². The van der Waals surface area contributed by atoms with Crippen molar-refractivity contribution in [3.05, 3.63) is 47.5 Å². The van der Waals surface area contributed by atoms with Crippen LogP contribution in [-0.4, -0.2) is 140 Å². The van der Waals surface area contributed by atoms with Crippen molar-refractivity contribution in [1.29, 1.82) is 0 Å². The molecular formula is C40H60N8O12. The standard InChI is InChI=1S/C40H60N8O12/c1-39(2,3)48(38(58)59)20-26(50)18-30-36(56)44-27(34(54)45-29(17-25(49)19-42)33(53)43-12-11-41)15-23-13-21(7-9-31(23)51)22-8-10-32(52)24(14-22)16-28(35(55)46-30)47-37(57)60-40(4,5)6/h7-10,13-14,25-30,49-52H,11-12,15-20,41-42H2,1-6H3,(H,43,53)(H,44,56)(H,45,54)(H,46,55)(H,47,57)(H,58,59)/t25-,26-,27+,28+,29+,30+/m1/s1. The summed E-state index contributed by atoms with van der Waals surface area (Å²) in [7, 11) is 0. The zero-order valence-corrected chi connectivity index (χ0v) is 34.8. The second-order valence-corrected chi connectivity index (χ2v) is 16.6. The maximum absolute atomic E-state index is 14.4. The Balaban J connectivity index is 2.21. The molecular weight excluding hydrogens is 784 g/mol. The van der Waals surface area contributed by atoms with Gasteiger partial charge in [0.2, 0.25) is 23.6 Å². The summed E-state index contributed by atoms with van der Waals surface area (Å²) < 4.78 is 5.39. The minimum Gasteiger partial charge on any atom is -0.508 e. The lowest BCUT2D eigenvalue weighted by atomic mass is 9.95. The Hall–Kier alpha value is -5.70. The van der Waals surface area contributed by atoms with Gasteiger partial charge in [0.15, 0.2) is 0 Å². The lowest BCUT2D eigenvalue weighted by Gasteiger charge is -2.35. The number of carboxylic acid groups (broad SMARTS) is 1. The number of β-amino-alcohol motifs (C(OH)–C–C–N with tert-alkyl or cyclic N) is 1. The molecule has 1 aliphatic heterocycles. The molecule has 4 bridgehead atoms. The van der Waals surface area contributed by atoms with Crippen LogP contribution in [0, 0.1) is 0 Å². The molecule has 3 rings (SSSR count). The summed E-state index contributed by atoms with van der Waals surface area (Å²) in [4.78, 5) is 82.0. The molecule has 20 heteroatoms. The quantitative estimate of drug-likeness (QED) is 0.121. The first-order chi connectivity index (χ1) is 27.9. The SMILES string of the molecule is CC(C)(C)OC(=O)N[C@H]1Cc2cc(ccc2O)-c2ccc(O)c(c2)C[C@@H](C(=O)N[C@@H](C[C@@H](O)CN)C(=O)NCCN)NC(=O)[C@H](C[C@@H](O)CN(C(=O)O)C(C)(C)C)NC1=O. The molecule has 0 saturated heterocycles. The third-order valence-electron chi connectivity index (χ3n) is 9.41. The second kappa shape index (κ2) is 21.0. The number of phenolic OH excluding ortho intramolecular Hbond substituents is 2. The maximum atomic E-state index is 14.4. The second-order valence-electron chi connectivity index (χ2n) is 16.6. The Kier molecular flexibility index (Phi) is 17.0. The molecule has 0 aliphatic carbocycles. The van der Waals surface area contributed by atoms with Gasteiger partial charge in [0, 0.05) is 50.9 Å². The molecule has 0 fully saturated rings. The van der Waals surface area contributed by atoms with E-state index in [-0.39, 0.29) is 55.1 Å². The van der Waals surface area contributed by atoms with Gasteiger partial charge in [-0.15, -0.1) is 0 Å². The van der Waals surface area contributed by atoms with Crippen LogP contribution in [0.2, 0.25) is 0 Å². The molecule has 60 heavy (non-hydrogen) atoms. The van der Waals surface area contributed by atoms with Crippen LogP contribution in [0.1, 0.15) is 65.5 Å². The Morgan fingerprint density at radius 2 is 1.47 bits per heavy atom. The van der Waals surface area contributed by atoms with Gasteiger partial charge in [-0.25, -0.2) is 9.59 Å². The lowest BCUT2D eigenvalue weighted by molar-refractivity contribution is -0.134. The van der Waals surface area contributed by atoms with Crippen molar-refractivity contribution in [2.75, 3.05) is 26.2 Å². The number of nitrogens with one attached hydrogen (secondary N) is 5. The van der Waals surface area contributed by atoms with Crippen molar-refractivity contribution in [2.45, 2.75) is 115 Å². The minimum absolute atomic E-state index is 0.0335. The number of carbonyl (C=O) groups excluding carboxylic acids is 5. The largest absolute Gasteiger partial charge is 0.508 e. The third kappa shape index (κ3) is 14.5. The van der Waals surface area contributed by atoms with Crippen molar-refractivity contribution in [3.63, 3.8) is 0 Å². The van der Waals surface area contributed by atoms with Crippen LogP contribution in [0.25, 0.3) is 11.1 Å². The van der Waals surface area contributed by atoms with E-state index in [1.165, 1.54) is 18.2 Å². The van der Waals surface area contributed by atoms with E-state index in [0.717, 1.165) is 4.90 Å². The number of hydrogen-bond donors (Lipinski definition) is 12. The molecule has 0 radical (unpaired) electrons. The van der Waals surface area contributed by atoms with E-state index in [0.29, 0.717) is 11.1 Å². The van der Waals surface area contributed by atoms with Crippen LogP contribution in [0.5, 0.6) is 11.5 Å². The van der Waals surface area contributed by atoms with E-state index in [1.807, 2.05) is 0 Å².